The molecule has 2 aromatic rings. The SMILES string of the molecule is Cc1nc(CN(C(=O)Cc2ccccc2C)C2CC2)cs1. The molecule has 1 aliphatic rings. The highest BCUT2D eigenvalue weighted by molar-refractivity contribution is 7.09. The number of carbonyl (C=O) groups is 1. The third-order valence-electron chi connectivity index (χ3n) is 3.91. The molecule has 0 saturated heterocycles. The molecule has 0 aliphatic heterocycles. The summed E-state index contributed by atoms with van der Waals surface area (Å²) in [4.78, 5) is 19.2. The number of rotatable bonds is 5. The number of benzene rings is 1. The van der Waals surface area contributed by atoms with E-state index >= 15 is 0 Å². The first-order valence-corrected chi connectivity index (χ1v) is 8.26. The van der Waals surface area contributed by atoms with Crippen LogP contribution >= 0.6 is 11.3 Å². The molecule has 1 aromatic carbocycles. The second-order valence-electron chi connectivity index (χ2n) is 5.71. The van der Waals surface area contributed by atoms with Crippen LogP contribution in [-0.2, 0) is 17.8 Å². The van der Waals surface area contributed by atoms with Gasteiger partial charge in [-0.1, -0.05) is 24.3 Å². The summed E-state index contributed by atoms with van der Waals surface area (Å²) < 4.78 is 0. The van der Waals surface area contributed by atoms with Gasteiger partial charge in [0.25, 0.3) is 0 Å². The molecule has 1 aliphatic carbocycles. The average Bonchev–Trinajstić information content (AvgIpc) is 3.21. The lowest BCUT2D eigenvalue weighted by Crippen LogP contribution is -2.34. The van der Waals surface area contributed by atoms with Crippen molar-refractivity contribution >= 4 is 17.2 Å². The van der Waals surface area contributed by atoms with E-state index in [4.69, 9.17) is 0 Å². The zero-order valence-corrected chi connectivity index (χ0v) is 13.3. The van der Waals surface area contributed by atoms with E-state index in [9.17, 15) is 4.79 Å². The summed E-state index contributed by atoms with van der Waals surface area (Å²) in [6, 6.07) is 8.54. The molecule has 110 valence electrons. The van der Waals surface area contributed by atoms with Crippen LogP contribution in [0.2, 0.25) is 0 Å². The quantitative estimate of drug-likeness (QED) is 0.847. The first kappa shape index (κ1) is 14.3. The van der Waals surface area contributed by atoms with Crippen molar-refractivity contribution in [1.82, 2.24) is 9.88 Å². The van der Waals surface area contributed by atoms with E-state index in [-0.39, 0.29) is 5.91 Å². The van der Waals surface area contributed by atoms with Crippen molar-refractivity contribution in [2.45, 2.75) is 45.7 Å². The fourth-order valence-electron chi connectivity index (χ4n) is 2.54. The summed E-state index contributed by atoms with van der Waals surface area (Å²) >= 11 is 1.65. The van der Waals surface area contributed by atoms with Crippen LogP contribution in [0.4, 0.5) is 0 Å². The van der Waals surface area contributed by atoms with Crippen LogP contribution < -0.4 is 0 Å². The molecule has 1 fully saturated rings. The van der Waals surface area contributed by atoms with Crippen molar-refractivity contribution in [1.29, 1.82) is 0 Å². The van der Waals surface area contributed by atoms with Crippen LogP contribution in [0.15, 0.2) is 29.6 Å². The molecule has 0 bridgehead atoms. The Morgan fingerprint density at radius 1 is 1.33 bits per heavy atom. The minimum absolute atomic E-state index is 0.220. The van der Waals surface area contributed by atoms with E-state index in [2.05, 4.69) is 23.4 Å². The number of aryl methyl sites for hydroxylation is 2. The van der Waals surface area contributed by atoms with Gasteiger partial charge in [-0.05, 0) is 37.8 Å². The average molecular weight is 300 g/mol. The molecule has 0 atom stereocenters. The summed E-state index contributed by atoms with van der Waals surface area (Å²) in [5, 5.41) is 3.12. The Bertz CT molecular complexity index is 646. The summed E-state index contributed by atoms with van der Waals surface area (Å²) in [6.07, 6.45) is 2.75. The van der Waals surface area contributed by atoms with Crippen LogP contribution in [0.25, 0.3) is 0 Å². The molecule has 4 heteroatoms. The minimum Gasteiger partial charge on any atom is -0.333 e. The molecule has 21 heavy (non-hydrogen) atoms. The fourth-order valence-corrected chi connectivity index (χ4v) is 3.14. The van der Waals surface area contributed by atoms with Gasteiger partial charge in [-0.15, -0.1) is 11.3 Å². The first-order valence-electron chi connectivity index (χ1n) is 7.38. The molecule has 3 rings (SSSR count). The smallest absolute Gasteiger partial charge is 0.227 e. The number of nitrogens with zero attached hydrogens (tertiary/aromatic N) is 2. The molecule has 1 saturated carbocycles. The highest BCUT2D eigenvalue weighted by Gasteiger charge is 2.32. The number of aromatic nitrogens is 1. The van der Waals surface area contributed by atoms with Gasteiger partial charge in [-0.2, -0.15) is 0 Å². The summed E-state index contributed by atoms with van der Waals surface area (Å²) in [6.45, 7) is 4.72. The minimum atomic E-state index is 0.220. The summed E-state index contributed by atoms with van der Waals surface area (Å²) in [5.74, 6) is 0.220. The zero-order valence-electron chi connectivity index (χ0n) is 12.5. The predicted octanol–water partition coefficient (Wildman–Crippen LogP) is 3.49. The van der Waals surface area contributed by atoms with Crippen molar-refractivity contribution in [3.05, 3.63) is 51.5 Å². The van der Waals surface area contributed by atoms with E-state index < -0.39 is 0 Å². The number of thiazole rings is 1. The van der Waals surface area contributed by atoms with Gasteiger partial charge < -0.3 is 4.90 Å². The van der Waals surface area contributed by atoms with Crippen molar-refractivity contribution < 1.29 is 4.79 Å². The number of hydrogen-bond donors (Lipinski definition) is 0. The molecule has 0 unspecified atom stereocenters. The molecule has 1 heterocycles. The van der Waals surface area contributed by atoms with Crippen molar-refractivity contribution in [3.8, 4) is 0 Å². The molecule has 1 aromatic heterocycles. The Morgan fingerprint density at radius 3 is 2.71 bits per heavy atom. The maximum Gasteiger partial charge on any atom is 0.227 e. The van der Waals surface area contributed by atoms with Crippen LogP contribution in [0, 0.1) is 13.8 Å². The Labute approximate surface area is 129 Å². The second kappa shape index (κ2) is 5.98. The lowest BCUT2D eigenvalue weighted by Gasteiger charge is -2.22. The molecular weight excluding hydrogens is 280 g/mol. The highest BCUT2D eigenvalue weighted by atomic mass is 32.1. The normalized spacial score (nSPS) is 14.2. The van der Waals surface area contributed by atoms with E-state index in [1.807, 2.05) is 30.0 Å². The zero-order chi connectivity index (χ0) is 14.8. The third kappa shape index (κ3) is 3.50. The van der Waals surface area contributed by atoms with Gasteiger partial charge in [0.05, 0.1) is 23.7 Å². The predicted molar refractivity (Wildman–Crippen MR) is 85.3 cm³/mol. The van der Waals surface area contributed by atoms with Crippen molar-refractivity contribution in [2.75, 3.05) is 0 Å². The Morgan fingerprint density at radius 2 is 2.10 bits per heavy atom. The second-order valence-corrected chi connectivity index (χ2v) is 6.78. The van der Waals surface area contributed by atoms with Gasteiger partial charge in [-0.25, -0.2) is 4.98 Å². The van der Waals surface area contributed by atoms with Crippen LogP contribution in [-0.4, -0.2) is 21.8 Å². The molecule has 0 spiro atoms. The topological polar surface area (TPSA) is 33.2 Å². The van der Waals surface area contributed by atoms with Gasteiger partial charge in [0.15, 0.2) is 0 Å². The van der Waals surface area contributed by atoms with Gasteiger partial charge in [0.1, 0.15) is 0 Å². The Balaban J connectivity index is 1.72. The molecule has 3 nitrogen and oxygen atoms in total. The maximum atomic E-state index is 12.7. The first-order chi connectivity index (χ1) is 10.1. The van der Waals surface area contributed by atoms with Crippen LogP contribution in [0.1, 0.15) is 34.7 Å². The highest BCUT2D eigenvalue weighted by Crippen LogP contribution is 2.29. The lowest BCUT2D eigenvalue weighted by atomic mass is 10.1. The van der Waals surface area contributed by atoms with Gasteiger partial charge in [0.2, 0.25) is 5.91 Å². The molecule has 0 radical (unpaired) electrons. The number of amides is 1. The molecular formula is C17H20N2OS. The monoisotopic (exact) mass is 300 g/mol. The Kier molecular flexibility index (Phi) is 4.06. The van der Waals surface area contributed by atoms with E-state index in [0.29, 0.717) is 19.0 Å². The van der Waals surface area contributed by atoms with E-state index in [1.165, 1.54) is 5.56 Å². The number of hydrogen-bond acceptors (Lipinski definition) is 3. The fraction of sp³-hybridized carbons (Fsp3) is 0.412. The summed E-state index contributed by atoms with van der Waals surface area (Å²) in [7, 11) is 0. The van der Waals surface area contributed by atoms with Gasteiger partial charge in [-0.3, -0.25) is 4.79 Å². The maximum absolute atomic E-state index is 12.7. The van der Waals surface area contributed by atoms with E-state index in [1.54, 1.807) is 11.3 Å². The number of carbonyl (C=O) groups excluding carboxylic acids is 1. The van der Waals surface area contributed by atoms with Gasteiger partial charge in [0, 0.05) is 11.4 Å². The summed E-state index contributed by atoms with van der Waals surface area (Å²) in [5.41, 5.74) is 3.33. The van der Waals surface area contributed by atoms with E-state index in [0.717, 1.165) is 29.1 Å². The largest absolute Gasteiger partial charge is 0.333 e. The van der Waals surface area contributed by atoms with Crippen molar-refractivity contribution in [2.24, 2.45) is 0 Å². The Hall–Kier alpha value is -1.68. The third-order valence-corrected chi connectivity index (χ3v) is 4.73. The van der Waals surface area contributed by atoms with Crippen LogP contribution in [0.5, 0.6) is 0 Å². The van der Waals surface area contributed by atoms with Crippen LogP contribution in [0.3, 0.4) is 0 Å². The molecule has 0 N–H and O–H groups in total. The van der Waals surface area contributed by atoms with Crippen molar-refractivity contribution in [3.63, 3.8) is 0 Å². The van der Waals surface area contributed by atoms with Gasteiger partial charge >= 0.3 is 0 Å². The molecule has 1 amide bonds. The lowest BCUT2D eigenvalue weighted by molar-refractivity contribution is -0.131. The standard InChI is InChI=1S/C17H20N2OS/c1-12-5-3-4-6-14(12)9-17(20)19(16-7-8-16)10-15-11-21-13(2)18-15/h3-6,11,16H,7-10H2,1-2H3.